The number of phenols is 3. The topological polar surface area (TPSA) is 135 Å². The van der Waals surface area contributed by atoms with Gasteiger partial charge in [0.15, 0.2) is 35.4 Å². The van der Waals surface area contributed by atoms with Crippen LogP contribution in [0, 0.1) is 0 Å². The number of hydrogen-bond acceptors (Lipinski definition) is 8. The summed E-state index contributed by atoms with van der Waals surface area (Å²) in [5.41, 5.74) is 0.217. The lowest BCUT2D eigenvalue weighted by Gasteiger charge is -2.08. The number of fused-ring (bicyclic) bond motifs is 1. The molecule has 9 nitrogen and oxygen atoms in total. The molecular weight excluding hydrogens is 334 g/mol. The smallest absolute Gasteiger partial charge is 0.338 e. The normalized spacial score (nSPS) is 11.8. The zero-order valence-corrected chi connectivity index (χ0v) is 12.7. The Morgan fingerprint density at radius 3 is 2.44 bits per heavy atom. The lowest BCUT2D eigenvalue weighted by molar-refractivity contribution is -0.119. The van der Waals surface area contributed by atoms with Crippen LogP contribution in [0.25, 0.3) is 0 Å². The SMILES string of the molecule is O=C(COC(=O)c1cc(O)c(O)c(O)c1)Nc1ccc2c(c1)OCO2. The fourth-order valence-corrected chi connectivity index (χ4v) is 2.11. The van der Waals surface area contributed by atoms with Gasteiger partial charge in [-0.05, 0) is 24.3 Å². The number of carbonyl (C=O) groups is 2. The van der Waals surface area contributed by atoms with Gasteiger partial charge in [-0.1, -0.05) is 0 Å². The van der Waals surface area contributed by atoms with Crippen molar-refractivity contribution >= 4 is 17.6 Å². The fraction of sp³-hybridized carbons (Fsp3) is 0.125. The molecule has 0 unspecified atom stereocenters. The highest BCUT2D eigenvalue weighted by atomic mass is 16.7. The molecule has 0 aliphatic carbocycles. The molecule has 2 aromatic carbocycles. The molecule has 0 spiro atoms. The minimum absolute atomic E-state index is 0.108. The molecule has 0 saturated heterocycles. The number of phenolic OH excluding ortho intramolecular Hbond substituents is 3. The first kappa shape index (κ1) is 16.2. The second-order valence-corrected chi connectivity index (χ2v) is 5.06. The molecule has 1 heterocycles. The Morgan fingerprint density at radius 1 is 1.04 bits per heavy atom. The maximum Gasteiger partial charge on any atom is 0.338 e. The summed E-state index contributed by atoms with van der Waals surface area (Å²) in [5.74, 6) is -2.61. The van der Waals surface area contributed by atoms with Crippen molar-refractivity contribution in [2.45, 2.75) is 0 Å². The van der Waals surface area contributed by atoms with Gasteiger partial charge in [-0.15, -0.1) is 0 Å². The molecule has 0 atom stereocenters. The van der Waals surface area contributed by atoms with Crippen LogP contribution in [0.15, 0.2) is 30.3 Å². The second kappa shape index (κ2) is 6.48. The molecule has 3 rings (SSSR count). The van der Waals surface area contributed by atoms with E-state index in [0.29, 0.717) is 17.2 Å². The molecule has 0 bridgehead atoms. The molecular formula is C16H13NO8. The maximum absolute atomic E-state index is 11.8. The third kappa shape index (κ3) is 3.50. The van der Waals surface area contributed by atoms with Gasteiger partial charge in [0.2, 0.25) is 6.79 Å². The van der Waals surface area contributed by atoms with E-state index < -0.39 is 35.7 Å². The maximum atomic E-state index is 11.8. The number of ether oxygens (including phenoxy) is 3. The van der Waals surface area contributed by atoms with Crippen LogP contribution in [-0.2, 0) is 9.53 Å². The van der Waals surface area contributed by atoms with E-state index in [1.54, 1.807) is 18.2 Å². The van der Waals surface area contributed by atoms with Crippen LogP contribution in [0.2, 0.25) is 0 Å². The second-order valence-electron chi connectivity index (χ2n) is 5.06. The molecule has 2 aromatic rings. The Morgan fingerprint density at radius 2 is 1.72 bits per heavy atom. The van der Waals surface area contributed by atoms with E-state index in [-0.39, 0.29) is 12.4 Å². The van der Waals surface area contributed by atoms with E-state index in [0.717, 1.165) is 12.1 Å². The van der Waals surface area contributed by atoms with Crippen LogP contribution in [0.3, 0.4) is 0 Å². The van der Waals surface area contributed by atoms with E-state index in [4.69, 9.17) is 14.2 Å². The quantitative estimate of drug-likeness (QED) is 0.480. The predicted octanol–water partition coefficient (Wildman–Crippen LogP) is 1.33. The standard InChI is InChI=1S/C16H13NO8/c18-10-3-8(4-11(19)15(10)21)16(22)23-6-14(20)17-9-1-2-12-13(5-9)25-7-24-12/h1-5,18-19,21H,6-7H2,(H,17,20). The Labute approximate surface area is 141 Å². The summed E-state index contributed by atoms with van der Waals surface area (Å²) in [5, 5.41) is 30.5. The van der Waals surface area contributed by atoms with Gasteiger partial charge in [0.1, 0.15) is 0 Å². The molecule has 0 aromatic heterocycles. The Hall–Kier alpha value is -3.62. The number of rotatable bonds is 4. The molecule has 1 aliphatic heterocycles. The highest BCUT2D eigenvalue weighted by Gasteiger charge is 2.17. The van der Waals surface area contributed by atoms with Gasteiger partial charge in [-0.3, -0.25) is 4.79 Å². The van der Waals surface area contributed by atoms with Gasteiger partial charge in [-0.25, -0.2) is 4.79 Å². The molecule has 9 heteroatoms. The predicted molar refractivity (Wildman–Crippen MR) is 82.9 cm³/mol. The van der Waals surface area contributed by atoms with Crippen molar-refractivity contribution in [3.8, 4) is 28.7 Å². The van der Waals surface area contributed by atoms with Crippen molar-refractivity contribution in [2.24, 2.45) is 0 Å². The van der Waals surface area contributed by atoms with Crippen LogP contribution in [0.4, 0.5) is 5.69 Å². The van der Waals surface area contributed by atoms with Gasteiger partial charge in [0.05, 0.1) is 5.56 Å². The molecule has 0 fully saturated rings. The summed E-state index contributed by atoms with van der Waals surface area (Å²) in [6.07, 6.45) is 0. The van der Waals surface area contributed by atoms with Crippen LogP contribution < -0.4 is 14.8 Å². The summed E-state index contributed by atoms with van der Waals surface area (Å²) in [6, 6.07) is 6.62. The zero-order valence-electron chi connectivity index (χ0n) is 12.7. The van der Waals surface area contributed by atoms with Crippen LogP contribution in [0.5, 0.6) is 28.7 Å². The van der Waals surface area contributed by atoms with Crippen molar-refractivity contribution < 1.29 is 39.1 Å². The van der Waals surface area contributed by atoms with Crippen molar-refractivity contribution in [2.75, 3.05) is 18.7 Å². The first-order chi connectivity index (χ1) is 11.9. The number of esters is 1. The average molecular weight is 347 g/mol. The lowest BCUT2D eigenvalue weighted by atomic mass is 10.2. The summed E-state index contributed by atoms with van der Waals surface area (Å²) in [7, 11) is 0. The molecule has 25 heavy (non-hydrogen) atoms. The minimum Gasteiger partial charge on any atom is -0.504 e. The van der Waals surface area contributed by atoms with Crippen molar-refractivity contribution in [3.63, 3.8) is 0 Å². The Kier molecular flexibility index (Phi) is 4.21. The molecule has 1 aliphatic rings. The molecule has 1 amide bonds. The number of carbonyl (C=O) groups excluding carboxylic acids is 2. The number of anilines is 1. The highest BCUT2D eigenvalue weighted by Crippen LogP contribution is 2.36. The number of nitrogens with one attached hydrogen (secondary N) is 1. The third-order valence-electron chi connectivity index (χ3n) is 3.30. The molecule has 0 radical (unpaired) electrons. The van der Waals surface area contributed by atoms with Gasteiger partial charge in [0, 0.05) is 11.8 Å². The van der Waals surface area contributed by atoms with Crippen molar-refractivity contribution in [1.82, 2.24) is 0 Å². The number of benzene rings is 2. The van der Waals surface area contributed by atoms with Gasteiger partial charge >= 0.3 is 5.97 Å². The summed E-state index contributed by atoms with van der Waals surface area (Å²) < 4.78 is 15.1. The van der Waals surface area contributed by atoms with E-state index in [2.05, 4.69) is 5.32 Å². The first-order valence-corrected chi connectivity index (χ1v) is 7.05. The highest BCUT2D eigenvalue weighted by molar-refractivity contribution is 5.96. The molecule has 0 saturated carbocycles. The number of hydrogen-bond donors (Lipinski definition) is 4. The zero-order chi connectivity index (χ0) is 18.0. The molecule has 130 valence electrons. The van der Waals surface area contributed by atoms with E-state index in [1.165, 1.54) is 0 Å². The van der Waals surface area contributed by atoms with Crippen LogP contribution >= 0.6 is 0 Å². The van der Waals surface area contributed by atoms with Crippen LogP contribution in [0.1, 0.15) is 10.4 Å². The Balaban J connectivity index is 1.58. The third-order valence-corrected chi connectivity index (χ3v) is 3.30. The first-order valence-electron chi connectivity index (χ1n) is 7.05. The average Bonchev–Trinajstić information content (AvgIpc) is 3.04. The van der Waals surface area contributed by atoms with Crippen molar-refractivity contribution in [3.05, 3.63) is 35.9 Å². The summed E-state index contributed by atoms with van der Waals surface area (Å²) in [6.45, 7) is -0.480. The summed E-state index contributed by atoms with van der Waals surface area (Å²) in [4.78, 5) is 23.7. The van der Waals surface area contributed by atoms with Crippen molar-refractivity contribution in [1.29, 1.82) is 0 Å². The summed E-state index contributed by atoms with van der Waals surface area (Å²) >= 11 is 0. The van der Waals surface area contributed by atoms with Gasteiger partial charge < -0.3 is 34.8 Å². The van der Waals surface area contributed by atoms with E-state index >= 15 is 0 Å². The van der Waals surface area contributed by atoms with E-state index in [9.17, 15) is 24.9 Å². The number of amides is 1. The van der Waals surface area contributed by atoms with Gasteiger partial charge in [0.25, 0.3) is 5.91 Å². The number of aromatic hydroxyl groups is 3. The lowest BCUT2D eigenvalue weighted by Crippen LogP contribution is -2.20. The molecule has 4 N–H and O–H groups in total. The largest absolute Gasteiger partial charge is 0.504 e. The van der Waals surface area contributed by atoms with Crippen LogP contribution in [-0.4, -0.2) is 40.6 Å². The monoisotopic (exact) mass is 347 g/mol. The van der Waals surface area contributed by atoms with E-state index in [1.807, 2.05) is 0 Å². The van der Waals surface area contributed by atoms with Gasteiger partial charge in [-0.2, -0.15) is 0 Å². The fourth-order valence-electron chi connectivity index (χ4n) is 2.11. The minimum atomic E-state index is -0.952. The Bertz CT molecular complexity index is 825.